The third-order valence-corrected chi connectivity index (χ3v) is 7.16. The van der Waals surface area contributed by atoms with E-state index in [-0.39, 0.29) is 21.2 Å². The summed E-state index contributed by atoms with van der Waals surface area (Å²) in [5.41, 5.74) is 5.19. The number of hydrogen-bond acceptors (Lipinski definition) is 0. The summed E-state index contributed by atoms with van der Waals surface area (Å²) in [6, 6.07) is 10.8. The summed E-state index contributed by atoms with van der Waals surface area (Å²) in [4.78, 5) is 2.36. The summed E-state index contributed by atoms with van der Waals surface area (Å²) in [6.07, 6.45) is 8.97. The molecule has 1 rings (SSSR count). The Morgan fingerprint density at radius 3 is 2.42 bits per heavy atom. The van der Waals surface area contributed by atoms with Crippen molar-refractivity contribution in [1.29, 1.82) is 0 Å². The van der Waals surface area contributed by atoms with Gasteiger partial charge in [-0.2, -0.15) is 0 Å². The molecule has 0 aliphatic rings. The first-order chi connectivity index (χ1) is 11.5. The van der Waals surface area contributed by atoms with Crippen molar-refractivity contribution in [1.82, 2.24) is 0 Å². The molecule has 1 heteroatoms. The number of rotatable bonds is 11. The molecule has 0 aromatic heterocycles. The van der Waals surface area contributed by atoms with Crippen molar-refractivity contribution in [3.05, 3.63) is 84.5 Å². The predicted octanol–water partition coefficient (Wildman–Crippen LogP) is 3.37. The molecule has 0 amide bonds. The van der Waals surface area contributed by atoms with Crippen molar-refractivity contribution in [2.45, 2.75) is 43.5 Å². The van der Waals surface area contributed by atoms with E-state index in [1.807, 2.05) is 6.08 Å². The van der Waals surface area contributed by atoms with Crippen molar-refractivity contribution >= 4 is 0 Å². The number of halogens is 1. The van der Waals surface area contributed by atoms with Crippen LogP contribution in [0.15, 0.2) is 78.9 Å². The van der Waals surface area contributed by atoms with Crippen molar-refractivity contribution in [3.8, 4) is 0 Å². The average Bonchev–Trinajstić information content (AvgIpc) is 2.62. The fraction of sp³-hybridized carbons (Fsp3) is 0.391. The van der Waals surface area contributed by atoms with Gasteiger partial charge in [-0.1, -0.05) is 0 Å². The summed E-state index contributed by atoms with van der Waals surface area (Å²) in [5.74, 6) is 0.395. The number of hydrogen-bond donors (Lipinski definition) is 0. The van der Waals surface area contributed by atoms with Crippen LogP contribution in [0.25, 0.3) is 0 Å². The molecule has 0 nitrogen and oxygen atoms in total. The van der Waals surface area contributed by atoms with Crippen LogP contribution in [0.2, 0.25) is 0 Å². The Labute approximate surface area is 159 Å². The van der Waals surface area contributed by atoms with Crippen LogP contribution in [-0.4, -0.2) is 8.86 Å². The van der Waals surface area contributed by atoms with E-state index >= 15 is 0 Å². The van der Waals surface area contributed by atoms with Gasteiger partial charge in [-0.15, -0.1) is 0 Å². The van der Waals surface area contributed by atoms with Crippen molar-refractivity contribution in [2.24, 2.45) is 5.92 Å². The van der Waals surface area contributed by atoms with Gasteiger partial charge < -0.3 is 0 Å². The van der Waals surface area contributed by atoms with Crippen LogP contribution in [-0.2, 0) is 6.42 Å². The molecule has 2 atom stereocenters. The molecule has 0 bridgehead atoms. The molecule has 0 radical (unpaired) electrons. The van der Waals surface area contributed by atoms with Crippen LogP contribution >= 0.6 is 0 Å². The SMILES string of the molecule is C=CC(=C)C(/C=C(/C)C(=C)C(Cc1ccccc1)[I-]C)CCCC. The second-order valence-electron chi connectivity index (χ2n) is 6.28. The molecule has 0 heterocycles. The van der Waals surface area contributed by atoms with Crippen LogP contribution in [0.1, 0.15) is 38.7 Å². The van der Waals surface area contributed by atoms with Gasteiger partial charge in [-0.05, 0) is 0 Å². The first-order valence-electron chi connectivity index (χ1n) is 8.74. The zero-order valence-corrected chi connectivity index (χ0v) is 17.7. The van der Waals surface area contributed by atoms with E-state index in [1.165, 1.54) is 29.6 Å². The minimum atomic E-state index is 0.102. The number of benzene rings is 1. The molecule has 0 fully saturated rings. The van der Waals surface area contributed by atoms with E-state index in [1.54, 1.807) is 0 Å². The summed E-state index contributed by atoms with van der Waals surface area (Å²) in [5, 5.41) is 0. The fourth-order valence-corrected chi connectivity index (χ4v) is 4.95. The Morgan fingerprint density at radius 1 is 1.21 bits per heavy atom. The Morgan fingerprint density at radius 2 is 1.88 bits per heavy atom. The van der Waals surface area contributed by atoms with Gasteiger partial charge in [0.05, 0.1) is 0 Å². The maximum absolute atomic E-state index is 4.44. The van der Waals surface area contributed by atoms with Crippen LogP contribution in [0.4, 0.5) is 0 Å². The molecule has 2 unspecified atom stereocenters. The van der Waals surface area contributed by atoms with E-state index in [9.17, 15) is 0 Å². The van der Waals surface area contributed by atoms with Gasteiger partial charge in [0.25, 0.3) is 0 Å². The topological polar surface area (TPSA) is 0 Å². The second kappa shape index (κ2) is 11.5. The number of unbranched alkanes of at least 4 members (excludes halogenated alkanes) is 1. The zero-order chi connectivity index (χ0) is 17.9. The van der Waals surface area contributed by atoms with Crippen molar-refractivity contribution in [3.63, 3.8) is 0 Å². The molecule has 0 saturated heterocycles. The van der Waals surface area contributed by atoms with Gasteiger partial charge in [0.1, 0.15) is 0 Å². The van der Waals surface area contributed by atoms with Crippen molar-refractivity contribution in [2.75, 3.05) is 4.93 Å². The molecule has 132 valence electrons. The van der Waals surface area contributed by atoms with E-state index in [2.05, 4.69) is 74.9 Å². The van der Waals surface area contributed by atoms with E-state index < -0.39 is 0 Å². The average molecular weight is 435 g/mol. The summed E-state index contributed by atoms with van der Waals surface area (Å²) < 4.78 is 0.603. The molecule has 24 heavy (non-hydrogen) atoms. The van der Waals surface area contributed by atoms with Crippen LogP contribution in [0.5, 0.6) is 0 Å². The van der Waals surface area contributed by atoms with E-state index in [4.69, 9.17) is 0 Å². The predicted molar refractivity (Wildman–Crippen MR) is 105 cm³/mol. The van der Waals surface area contributed by atoms with Gasteiger partial charge >= 0.3 is 160 Å². The number of allylic oxidation sites excluding steroid dienone is 5. The van der Waals surface area contributed by atoms with Gasteiger partial charge in [0.2, 0.25) is 0 Å². The van der Waals surface area contributed by atoms with Gasteiger partial charge in [-0.3, -0.25) is 0 Å². The van der Waals surface area contributed by atoms with Gasteiger partial charge in [0.15, 0.2) is 0 Å². The summed E-state index contributed by atoms with van der Waals surface area (Å²) in [6.45, 7) is 17.0. The first kappa shape index (κ1) is 21.0. The molecular weight excluding hydrogens is 403 g/mol. The second-order valence-corrected chi connectivity index (χ2v) is 9.03. The monoisotopic (exact) mass is 435 g/mol. The first-order valence-corrected chi connectivity index (χ1v) is 12.1. The Balaban J connectivity index is 2.87. The number of alkyl halides is 2. The Bertz CT molecular complexity index is 565. The molecule has 1 aromatic rings. The van der Waals surface area contributed by atoms with E-state index in [0.29, 0.717) is 9.84 Å². The van der Waals surface area contributed by atoms with Gasteiger partial charge in [0, 0.05) is 0 Å². The van der Waals surface area contributed by atoms with Crippen LogP contribution < -0.4 is 21.2 Å². The minimum absolute atomic E-state index is 0.102. The molecule has 1 aromatic carbocycles. The molecule has 0 N–H and O–H groups in total. The molecule has 0 spiro atoms. The third-order valence-electron chi connectivity index (χ3n) is 4.46. The standard InChI is InChI=1S/C23H32I/c1-7-9-15-22(18(3)8-2)16-19(4)20(5)23(24-6)17-21-13-11-10-12-14-21/h8,10-14,16,22-23H,2-3,5,7,9,15,17H2,1,4,6H3/q-1/b19-16-. The zero-order valence-electron chi connectivity index (χ0n) is 15.5. The van der Waals surface area contributed by atoms with Crippen LogP contribution in [0.3, 0.4) is 0 Å². The van der Waals surface area contributed by atoms with Crippen LogP contribution in [0, 0.1) is 5.92 Å². The normalized spacial score (nSPS) is 14.2. The summed E-state index contributed by atoms with van der Waals surface area (Å²) >= 11 is 0.102. The molecular formula is C23H32I-. The third kappa shape index (κ3) is 6.80. The fourth-order valence-electron chi connectivity index (χ4n) is 2.76. The summed E-state index contributed by atoms with van der Waals surface area (Å²) in [7, 11) is 0. The Hall–Kier alpha value is -1.09. The quantitative estimate of drug-likeness (QED) is 0.284. The Kier molecular flexibility index (Phi) is 10.0. The molecule has 0 aliphatic carbocycles. The van der Waals surface area contributed by atoms with Crippen molar-refractivity contribution < 1.29 is 21.2 Å². The van der Waals surface area contributed by atoms with E-state index in [0.717, 1.165) is 18.4 Å². The molecule has 0 saturated carbocycles. The van der Waals surface area contributed by atoms with Gasteiger partial charge in [-0.25, -0.2) is 0 Å². The maximum atomic E-state index is 4.44. The molecule has 0 aliphatic heterocycles.